The number of rotatable bonds is 4. The van der Waals surface area contributed by atoms with Crippen LogP contribution >= 0.6 is 0 Å². The SMILES string of the molecule is Cc1ccc(CNC(=O)N[C@H]2CC(=O)N(c3ccc(C)cc3)C2)cc1. The van der Waals surface area contributed by atoms with Gasteiger partial charge in [0.05, 0.1) is 6.04 Å². The summed E-state index contributed by atoms with van der Waals surface area (Å²) in [6.07, 6.45) is 0.325. The van der Waals surface area contributed by atoms with Crippen molar-refractivity contribution in [1.29, 1.82) is 0 Å². The molecule has 0 unspecified atom stereocenters. The zero-order valence-electron chi connectivity index (χ0n) is 14.6. The molecule has 0 aromatic heterocycles. The van der Waals surface area contributed by atoms with Gasteiger partial charge in [-0.15, -0.1) is 0 Å². The van der Waals surface area contributed by atoms with Crippen molar-refractivity contribution >= 4 is 17.6 Å². The van der Waals surface area contributed by atoms with E-state index in [9.17, 15) is 9.59 Å². The van der Waals surface area contributed by atoms with Crippen LogP contribution in [0.15, 0.2) is 48.5 Å². The topological polar surface area (TPSA) is 61.4 Å². The number of anilines is 1. The van der Waals surface area contributed by atoms with E-state index in [0.717, 1.165) is 16.8 Å². The van der Waals surface area contributed by atoms with E-state index in [-0.39, 0.29) is 18.0 Å². The molecule has 0 spiro atoms. The second-order valence-electron chi connectivity index (χ2n) is 6.55. The van der Waals surface area contributed by atoms with Crippen LogP contribution in [0.5, 0.6) is 0 Å². The van der Waals surface area contributed by atoms with Gasteiger partial charge in [-0.2, -0.15) is 0 Å². The molecule has 0 saturated carbocycles. The Labute approximate surface area is 148 Å². The van der Waals surface area contributed by atoms with E-state index >= 15 is 0 Å². The van der Waals surface area contributed by atoms with Gasteiger partial charge >= 0.3 is 6.03 Å². The van der Waals surface area contributed by atoms with Crippen molar-refractivity contribution in [2.45, 2.75) is 32.9 Å². The lowest BCUT2D eigenvalue weighted by atomic mass is 10.1. The third-order valence-corrected chi connectivity index (χ3v) is 4.38. The molecule has 130 valence electrons. The molecule has 2 aromatic rings. The number of amides is 3. The summed E-state index contributed by atoms with van der Waals surface area (Å²) < 4.78 is 0. The van der Waals surface area contributed by atoms with E-state index < -0.39 is 0 Å². The van der Waals surface area contributed by atoms with Crippen LogP contribution in [0.1, 0.15) is 23.1 Å². The van der Waals surface area contributed by atoms with E-state index in [1.54, 1.807) is 4.90 Å². The zero-order valence-corrected chi connectivity index (χ0v) is 14.6. The van der Waals surface area contributed by atoms with Crippen LogP contribution < -0.4 is 15.5 Å². The standard InChI is InChI=1S/C20H23N3O2/c1-14-3-7-16(8-4-14)12-21-20(25)22-17-11-19(24)23(13-17)18-9-5-15(2)6-10-18/h3-10,17H,11-13H2,1-2H3,(H2,21,22,25)/t17-/m0/s1. The van der Waals surface area contributed by atoms with Gasteiger partial charge in [0.2, 0.25) is 5.91 Å². The summed E-state index contributed by atoms with van der Waals surface area (Å²) in [5, 5.41) is 5.73. The van der Waals surface area contributed by atoms with Crippen molar-refractivity contribution in [1.82, 2.24) is 10.6 Å². The highest BCUT2D eigenvalue weighted by Crippen LogP contribution is 2.21. The van der Waals surface area contributed by atoms with Crippen LogP contribution in [0.25, 0.3) is 0 Å². The molecule has 5 nitrogen and oxygen atoms in total. The zero-order chi connectivity index (χ0) is 17.8. The fraction of sp³-hybridized carbons (Fsp3) is 0.300. The summed E-state index contributed by atoms with van der Waals surface area (Å²) in [6.45, 7) is 5.01. The van der Waals surface area contributed by atoms with Crippen LogP contribution in [-0.4, -0.2) is 24.5 Å². The number of nitrogens with one attached hydrogen (secondary N) is 2. The van der Waals surface area contributed by atoms with E-state index in [1.165, 1.54) is 5.56 Å². The van der Waals surface area contributed by atoms with Gasteiger partial charge < -0.3 is 15.5 Å². The summed E-state index contributed by atoms with van der Waals surface area (Å²) in [7, 11) is 0. The molecule has 1 fully saturated rings. The minimum atomic E-state index is -0.246. The Kier molecular flexibility index (Phi) is 5.03. The van der Waals surface area contributed by atoms with Gasteiger partial charge in [-0.1, -0.05) is 47.5 Å². The van der Waals surface area contributed by atoms with Crippen molar-refractivity contribution in [2.24, 2.45) is 0 Å². The molecule has 1 saturated heterocycles. The van der Waals surface area contributed by atoms with Crippen molar-refractivity contribution in [3.8, 4) is 0 Å². The molecular weight excluding hydrogens is 314 g/mol. The minimum Gasteiger partial charge on any atom is -0.334 e. The van der Waals surface area contributed by atoms with Crippen molar-refractivity contribution in [3.05, 3.63) is 65.2 Å². The number of urea groups is 1. The third kappa shape index (κ3) is 4.38. The maximum Gasteiger partial charge on any atom is 0.315 e. The molecule has 1 aliphatic rings. The number of hydrogen-bond acceptors (Lipinski definition) is 2. The minimum absolute atomic E-state index is 0.0349. The maximum absolute atomic E-state index is 12.2. The second-order valence-corrected chi connectivity index (χ2v) is 6.55. The van der Waals surface area contributed by atoms with E-state index in [4.69, 9.17) is 0 Å². The first kappa shape index (κ1) is 17.0. The molecule has 0 bridgehead atoms. The number of benzene rings is 2. The van der Waals surface area contributed by atoms with E-state index in [2.05, 4.69) is 10.6 Å². The van der Waals surface area contributed by atoms with Gasteiger partial charge in [0.1, 0.15) is 0 Å². The van der Waals surface area contributed by atoms with Crippen LogP contribution in [0.4, 0.5) is 10.5 Å². The average molecular weight is 337 g/mol. The molecule has 5 heteroatoms. The monoisotopic (exact) mass is 337 g/mol. The van der Waals surface area contributed by atoms with E-state index in [1.807, 2.05) is 62.4 Å². The molecule has 3 rings (SSSR count). The lowest BCUT2D eigenvalue weighted by Crippen LogP contribution is -2.43. The smallest absolute Gasteiger partial charge is 0.315 e. The van der Waals surface area contributed by atoms with Crippen LogP contribution in [-0.2, 0) is 11.3 Å². The number of carbonyl (C=O) groups excluding carboxylic acids is 2. The van der Waals surface area contributed by atoms with Gasteiger partial charge in [0, 0.05) is 25.2 Å². The van der Waals surface area contributed by atoms with Crippen LogP contribution in [0, 0.1) is 13.8 Å². The largest absolute Gasteiger partial charge is 0.334 e. The molecule has 0 radical (unpaired) electrons. The summed E-state index contributed by atoms with van der Waals surface area (Å²) in [4.78, 5) is 26.0. The molecule has 1 atom stereocenters. The average Bonchev–Trinajstić information content (AvgIpc) is 2.95. The van der Waals surface area contributed by atoms with Crippen LogP contribution in [0.3, 0.4) is 0 Å². The molecule has 2 N–H and O–H groups in total. The second kappa shape index (κ2) is 7.38. The molecule has 2 aromatic carbocycles. The summed E-state index contributed by atoms with van der Waals surface area (Å²) in [6, 6.07) is 15.4. The predicted molar refractivity (Wildman–Crippen MR) is 98.5 cm³/mol. The summed E-state index contributed by atoms with van der Waals surface area (Å²) >= 11 is 0. The lowest BCUT2D eigenvalue weighted by molar-refractivity contribution is -0.117. The maximum atomic E-state index is 12.2. The Morgan fingerprint density at radius 3 is 2.28 bits per heavy atom. The molecule has 1 heterocycles. The van der Waals surface area contributed by atoms with Gasteiger partial charge in [-0.3, -0.25) is 4.79 Å². The number of aryl methyl sites for hydroxylation is 2. The number of hydrogen-bond donors (Lipinski definition) is 2. The van der Waals surface area contributed by atoms with Crippen molar-refractivity contribution in [3.63, 3.8) is 0 Å². The van der Waals surface area contributed by atoms with E-state index in [0.29, 0.717) is 19.5 Å². The molecule has 0 aliphatic carbocycles. The third-order valence-electron chi connectivity index (χ3n) is 4.38. The first-order valence-corrected chi connectivity index (χ1v) is 8.48. The summed E-state index contributed by atoms with van der Waals surface area (Å²) in [5.41, 5.74) is 4.26. The molecular formula is C20H23N3O2. The fourth-order valence-electron chi connectivity index (χ4n) is 2.90. The molecule has 25 heavy (non-hydrogen) atoms. The van der Waals surface area contributed by atoms with Crippen molar-refractivity contribution < 1.29 is 9.59 Å². The molecule has 1 aliphatic heterocycles. The fourth-order valence-corrected chi connectivity index (χ4v) is 2.90. The van der Waals surface area contributed by atoms with Gasteiger partial charge in [0.25, 0.3) is 0 Å². The van der Waals surface area contributed by atoms with Crippen molar-refractivity contribution in [2.75, 3.05) is 11.4 Å². The highest BCUT2D eigenvalue weighted by molar-refractivity contribution is 5.96. The first-order valence-electron chi connectivity index (χ1n) is 8.48. The lowest BCUT2D eigenvalue weighted by Gasteiger charge is -2.17. The van der Waals surface area contributed by atoms with Gasteiger partial charge in [0.15, 0.2) is 0 Å². The van der Waals surface area contributed by atoms with Gasteiger partial charge in [-0.05, 0) is 31.5 Å². The quantitative estimate of drug-likeness (QED) is 0.901. The number of nitrogens with zero attached hydrogens (tertiary/aromatic N) is 1. The highest BCUT2D eigenvalue weighted by atomic mass is 16.2. The Bertz CT molecular complexity index is 754. The Morgan fingerprint density at radius 1 is 1.04 bits per heavy atom. The highest BCUT2D eigenvalue weighted by Gasteiger charge is 2.31. The van der Waals surface area contributed by atoms with Crippen LogP contribution in [0.2, 0.25) is 0 Å². The molecule has 3 amide bonds. The Hall–Kier alpha value is -2.82. The van der Waals surface area contributed by atoms with Gasteiger partial charge in [-0.25, -0.2) is 4.79 Å². The summed E-state index contributed by atoms with van der Waals surface area (Å²) in [5.74, 6) is 0.0349. The number of carbonyl (C=O) groups is 2. The predicted octanol–water partition coefficient (Wildman–Crippen LogP) is 2.91. The first-order chi connectivity index (χ1) is 12.0. The normalized spacial score (nSPS) is 16.8. The Balaban J connectivity index is 1.51. The Morgan fingerprint density at radius 2 is 1.64 bits per heavy atom.